The third-order valence-electron chi connectivity index (χ3n) is 3.67. The van der Waals surface area contributed by atoms with Gasteiger partial charge in [0.2, 0.25) is 0 Å². The summed E-state index contributed by atoms with van der Waals surface area (Å²) in [4.78, 5) is 16.8. The maximum atomic E-state index is 12.6. The molecule has 0 amide bonds. The van der Waals surface area contributed by atoms with E-state index >= 15 is 0 Å². The molecule has 0 aliphatic carbocycles. The van der Waals surface area contributed by atoms with E-state index in [9.17, 15) is 9.90 Å². The fourth-order valence-corrected chi connectivity index (χ4v) is 2.61. The molecule has 0 spiro atoms. The van der Waals surface area contributed by atoms with Crippen LogP contribution in [0.5, 0.6) is 5.75 Å². The molecular weight excluding hydrogens is 252 g/mol. The minimum absolute atomic E-state index is 0.0157. The van der Waals surface area contributed by atoms with Gasteiger partial charge in [0.05, 0.1) is 0 Å². The van der Waals surface area contributed by atoms with Gasteiger partial charge >= 0.3 is 0 Å². The zero-order chi connectivity index (χ0) is 13.9. The first-order valence-electron chi connectivity index (χ1n) is 6.75. The number of benzene rings is 1. The van der Waals surface area contributed by atoms with Gasteiger partial charge in [0, 0.05) is 29.8 Å². The highest BCUT2D eigenvalue weighted by Crippen LogP contribution is 2.31. The van der Waals surface area contributed by atoms with Gasteiger partial charge in [0.25, 0.3) is 0 Å². The second-order valence-electron chi connectivity index (χ2n) is 4.97. The van der Waals surface area contributed by atoms with Crippen molar-refractivity contribution in [1.82, 2.24) is 10.3 Å². The number of rotatable bonds is 3. The summed E-state index contributed by atoms with van der Waals surface area (Å²) in [6.45, 7) is 1.61. The molecule has 2 heterocycles. The van der Waals surface area contributed by atoms with E-state index in [2.05, 4.69) is 10.3 Å². The summed E-state index contributed by atoms with van der Waals surface area (Å²) in [5.74, 6) is 0.231. The zero-order valence-corrected chi connectivity index (χ0v) is 11.0. The van der Waals surface area contributed by atoms with Gasteiger partial charge < -0.3 is 10.4 Å². The van der Waals surface area contributed by atoms with Crippen molar-refractivity contribution in [2.75, 3.05) is 13.1 Å². The van der Waals surface area contributed by atoms with Crippen LogP contribution in [0.25, 0.3) is 11.3 Å². The Morgan fingerprint density at radius 3 is 2.85 bits per heavy atom. The van der Waals surface area contributed by atoms with Crippen LogP contribution < -0.4 is 5.32 Å². The monoisotopic (exact) mass is 268 g/mol. The predicted octanol–water partition coefficient (Wildman–Crippen LogP) is 2.25. The van der Waals surface area contributed by atoms with Crippen molar-refractivity contribution in [3.05, 3.63) is 48.2 Å². The van der Waals surface area contributed by atoms with E-state index in [0.29, 0.717) is 16.8 Å². The first-order chi connectivity index (χ1) is 9.77. The Labute approximate surface area is 117 Å². The first kappa shape index (κ1) is 12.8. The number of pyridine rings is 1. The van der Waals surface area contributed by atoms with Crippen LogP contribution in [0.2, 0.25) is 0 Å². The summed E-state index contributed by atoms with van der Waals surface area (Å²) in [7, 11) is 0. The van der Waals surface area contributed by atoms with E-state index in [-0.39, 0.29) is 17.5 Å². The first-order valence-corrected chi connectivity index (χ1v) is 6.75. The average Bonchev–Trinajstić information content (AvgIpc) is 3.01. The van der Waals surface area contributed by atoms with Crippen LogP contribution in [0.15, 0.2) is 42.6 Å². The summed E-state index contributed by atoms with van der Waals surface area (Å²) < 4.78 is 0. The van der Waals surface area contributed by atoms with Crippen LogP contribution >= 0.6 is 0 Å². The minimum atomic E-state index is 0.0157. The Balaban J connectivity index is 2.04. The van der Waals surface area contributed by atoms with Crippen molar-refractivity contribution in [3.8, 4) is 17.0 Å². The number of nitrogens with one attached hydrogen (secondary N) is 1. The molecule has 4 heteroatoms. The Kier molecular flexibility index (Phi) is 3.48. The summed E-state index contributed by atoms with van der Waals surface area (Å²) in [6.07, 6.45) is 2.48. The van der Waals surface area contributed by atoms with Crippen LogP contribution in [0, 0.1) is 5.92 Å². The quantitative estimate of drug-likeness (QED) is 0.838. The summed E-state index contributed by atoms with van der Waals surface area (Å²) in [6, 6.07) is 10.6. The van der Waals surface area contributed by atoms with Crippen molar-refractivity contribution < 1.29 is 9.90 Å². The van der Waals surface area contributed by atoms with Crippen molar-refractivity contribution in [3.63, 3.8) is 0 Å². The molecule has 0 radical (unpaired) electrons. The number of nitrogens with zero attached hydrogens (tertiary/aromatic N) is 1. The second-order valence-corrected chi connectivity index (χ2v) is 4.97. The minimum Gasteiger partial charge on any atom is -0.506 e. The van der Waals surface area contributed by atoms with Crippen LogP contribution in [-0.2, 0) is 0 Å². The van der Waals surface area contributed by atoms with Gasteiger partial charge in [0.15, 0.2) is 5.78 Å². The zero-order valence-electron chi connectivity index (χ0n) is 11.0. The lowest BCUT2D eigenvalue weighted by Gasteiger charge is -2.12. The highest BCUT2D eigenvalue weighted by molar-refractivity contribution is 6.04. The highest BCUT2D eigenvalue weighted by atomic mass is 16.3. The number of ketones is 1. The van der Waals surface area contributed by atoms with Gasteiger partial charge in [-0.3, -0.25) is 9.78 Å². The van der Waals surface area contributed by atoms with Crippen molar-refractivity contribution in [2.45, 2.75) is 6.42 Å². The fourth-order valence-electron chi connectivity index (χ4n) is 2.61. The van der Waals surface area contributed by atoms with Gasteiger partial charge in [-0.1, -0.05) is 24.3 Å². The number of Topliss-reactive ketones (excluding diaryl/α,β-unsaturated/α-hetero) is 1. The van der Waals surface area contributed by atoms with E-state index in [1.165, 1.54) is 0 Å². The van der Waals surface area contributed by atoms with Gasteiger partial charge in [-0.25, -0.2) is 0 Å². The lowest BCUT2D eigenvalue weighted by Crippen LogP contribution is -2.18. The molecule has 3 rings (SSSR count). The van der Waals surface area contributed by atoms with E-state index in [0.717, 1.165) is 19.5 Å². The molecule has 1 aliphatic rings. The smallest absolute Gasteiger partial charge is 0.167 e. The maximum absolute atomic E-state index is 12.6. The number of aromatic nitrogens is 1. The van der Waals surface area contributed by atoms with Gasteiger partial charge in [-0.2, -0.15) is 0 Å². The van der Waals surface area contributed by atoms with E-state index in [4.69, 9.17) is 0 Å². The Hall–Kier alpha value is -2.20. The van der Waals surface area contributed by atoms with E-state index in [1.807, 2.05) is 24.3 Å². The van der Waals surface area contributed by atoms with Gasteiger partial charge in [-0.05, 0) is 25.1 Å². The molecule has 1 aliphatic heterocycles. The van der Waals surface area contributed by atoms with Crippen molar-refractivity contribution >= 4 is 5.78 Å². The van der Waals surface area contributed by atoms with Gasteiger partial charge in [0.1, 0.15) is 11.4 Å². The number of hydrogen-bond donors (Lipinski definition) is 2. The molecule has 1 atom stereocenters. The Bertz CT molecular complexity index is 634. The molecule has 102 valence electrons. The molecule has 2 aromatic rings. The number of hydrogen-bond acceptors (Lipinski definition) is 4. The van der Waals surface area contributed by atoms with Crippen molar-refractivity contribution in [2.24, 2.45) is 5.92 Å². The lowest BCUT2D eigenvalue weighted by molar-refractivity contribution is 0.0931. The fraction of sp³-hybridized carbons (Fsp3) is 0.250. The number of carbonyl (C=O) groups excluding carboxylic acids is 1. The van der Waals surface area contributed by atoms with Crippen LogP contribution in [0.3, 0.4) is 0 Å². The third kappa shape index (κ3) is 2.30. The average molecular weight is 268 g/mol. The normalized spacial score (nSPS) is 18.1. The topological polar surface area (TPSA) is 62.2 Å². The molecule has 1 saturated heterocycles. The molecule has 20 heavy (non-hydrogen) atoms. The summed E-state index contributed by atoms with van der Waals surface area (Å²) in [5, 5.41) is 13.2. The Morgan fingerprint density at radius 2 is 2.10 bits per heavy atom. The van der Waals surface area contributed by atoms with Gasteiger partial charge in [-0.15, -0.1) is 0 Å². The molecule has 0 saturated carbocycles. The van der Waals surface area contributed by atoms with Crippen LogP contribution in [0.1, 0.15) is 16.8 Å². The summed E-state index contributed by atoms with van der Waals surface area (Å²) >= 11 is 0. The lowest BCUT2D eigenvalue weighted by atomic mass is 9.92. The standard InChI is InChI=1S/C16H16N2O2/c19-14-6-3-8-18-15(14)12-4-1-2-5-13(12)16(20)11-7-9-17-10-11/h1-6,8,11,17,19H,7,9-10H2. The molecule has 1 aromatic heterocycles. The van der Waals surface area contributed by atoms with Crippen LogP contribution in [-0.4, -0.2) is 29.0 Å². The van der Waals surface area contributed by atoms with Crippen LogP contribution in [0.4, 0.5) is 0 Å². The molecule has 4 nitrogen and oxygen atoms in total. The number of aromatic hydroxyl groups is 1. The predicted molar refractivity (Wildman–Crippen MR) is 76.6 cm³/mol. The molecule has 1 aromatic carbocycles. The largest absolute Gasteiger partial charge is 0.506 e. The highest BCUT2D eigenvalue weighted by Gasteiger charge is 2.26. The number of carbonyl (C=O) groups is 1. The van der Waals surface area contributed by atoms with E-state index < -0.39 is 0 Å². The van der Waals surface area contributed by atoms with Crippen molar-refractivity contribution in [1.29, 1.82) is 0 Å². The SMILES string of the molecule is O=C(c1ccccc1-c1ncccc1O)C1CCNC1. The maximum Gasteiger partial charge on any atom is 0.167 e. The molecule has 1 unspecified atom stereocenters. The van der Waals surface area contributed by atoms with E-state index in [1.54, 1.807) is 18.3 Å². The molecular formula is C16H16N2O2. The summed E-state index contributed by atoms with van der Waals surface area (Å²) in [5.41, 5.74) is 1.79. The molecule has 2 N–H and O–H groups in total. The molecule has 1 fully saturated rings. The Morgan fingerprint density at radius 1 is 1.25 bits per heavy atom. The third-order valence-corrected chi connectivity index (χ3v) is 3.67. The molecule has 0 bridgehead atoms. The second kappa shape index (κ2) is 5.43.